The van der Waals surface area contributed by atoms with Crippen LogP contribution in [0.2, 0.25) is 5.02 Å². The molecule has 0 saturated carbocycles. The Hall–Kier alpha value is -0.530. The molecule has 0 heterocycles. The van der Waals surface area contributed by atoms with Gasteiger partial charge in [0.2, 0.25) is 0 Å². The largest absolute Gasteiger partial charge is 0.324 e. The maximum absolute atomic E-state index is 6.14. The average molecular weight is 240 g/mol. The Morgan fingerprint density at radius 2 is 2.00 bits per heavy atom. The highest BCUT2D eigenvalue weighted by molar-refractivity contribution is 6.31. The van der Waals surface area contributed by atoms with Crippen molar-refractivity contribution in [1.82, 2.24) is 0 Å². The van der Waals surface area contributed by atoms with Crippen molar-refractivity contribution in [3.8, 4) is 0 Å². The minimum atomic E-state index is 0.134. The number of nitrogens with two attached hydrogens (primary N) is 1. The van der Waals surface area contributed by atoms with E-state index in [0.717, 1.165) is 22.6 Å². The lowest BCUT2D eigenvalue weighted by atomic mass is 10.00. The molecule has 1 aromatic carbocycles. The van der Waals surface area contributed by atoms with Crippen LogP contribution in [0.15, 0.2) is 18.2 Å². The van der Waals surface area contributed by atoms with Gasteiger partial charge in [-0.25, -0.2) is 0 Å². The minimum absolute atomic E-state index is 0.134. The zero-order valence-corrected chi connectivity index (χ0v) is 11.1. The number of halogens is 1. The van der Waals surface area contributed by atoms with Gasteiger partial charge in [-0.15, -0.1) is 0 Å². The van der Waals surface area contributed by atoms with Crippen LogP contribution in [0, 0.1) is 6.92 Å². The second-order valence-electron chi connectivity index (χ2n) is 4.46. The topological polar surface area (TPSA) is 26.0 Å². The molecule has 0 spiro atoms. The Morgan fingerprint density at radius 1 is 1.25 bits per heavy atom. The van der Waals surface area contributed by atoms with Crippen LogP contribution >= 0.6 is 11.6 Å². The van der Waals surface area contributed by atoms with Crippen molar-refractivity contribution in [3.05, 3.63) is 34.3 Å². The fourth-order valence-corrected chi connectivity index (χ4v) is 1.99. The lowest BCUT2D eigenvalue weighted by Crippen LogP contribution is -2.10. The van der Waals surface area contributed by atoms with Crippen LogP contribution in [0.4, 0.5) is 0 Å². The van der Waals surface area contributed by atoms with Gasteiger partial charge in [-0.3, -0.25) is 0 Å². The number of hydrogen-bond donors (Lipinski definition) is 1. The van der Waals surface area contributed by atoms with Crippen molar-refractivity contribution >= 4 is 11.6 Å². The van der Waals surface area contributed by atoms with E-state index < -0.39 is 0 Å². The van der Waals surface area contributed by atoms with Gasteiger partial charge in [0.15, 0.2) is 0 Å². The Labute approximate surface area is 104 Å². The van der Waals surface area contributed by atoms with E-state index in [0.29, 0.717) is 0 Å². The van der Waals surface area contributed by atoms with Gasteiger partial charge >= 0.3 is 0 Å². The third-order valence-electron chi connectivity index (χ3n) is 2.99. The predicted octanol–water partition coefficient (Wildman–Crippen LogP) is 4.62. The van der Waals surface area contributed by atoms with Crippen LogP contribution in [-0.2, 0) is 0 Å². The first kappa shape index (κ1) is 13.5. The number of aryl methyl sites for hydroxylation is 1. The van der Waals surface area contributed by atoms with Gasteiger partial charge in [-0.2, -0.15) is 0 Å². The van der Waals surface area contributed by atoms with Crippen LogP contribution < -0.4 is 5.73 Å². The Bertz CT molecular complexity index is 323. The normalized spacial score (nSPS) is 12.8. The van der Waals surface area contributed by atoms with Crippen molar-refractivity contribution in [2.75, 3.05) is 0 Å². The molecule has 0 aliphatic carbocycles. The molecule has 0 fully saturated rings. The van der Waals surface area contributed by atoms with E-state index in [4.69, 9.17) is 17.3 Å². The SMILES string of the molecule is CCCCCCC(N)c1ccc(C)c(Cl)c1. The van der Waals surface area contributed by atoms with E-state index in [1.54, 1.807) is 0 Å². The highest BCUT2D eigenvalue weighted by atomic mass is 35.5. The Kier molecular flexibility index (Phi) is 5.86. The summed E-state index contributed by atoms with van der Waals surface area (Å²) >= 11 is 6.09. The van der Waals surface area contributed by atoms with Gasteiger partial charge in [0.05, 0.1) is 0 Å². The predicted molar refractivity (Wildman–Crippen MR) is 71.9 cm³/mol. The average Bonchev–Trinajstić information content (AvgIpc) is 2.28. The summed E-state index contributed by atoms with van der Waals surface area (Å²) in [6, 6.07) is 6.27. The van der Waals surface area contributed by atoms with E-state index >= 15 is 0 Å². The third kappa shape index (κ3) is 4.15. The second-order valence-corrected chi connectivity index (χ2v) is 4.87. The molecule has 0 saturated heterocycles. The van der Waals surface area contributed by atoms with Crippen LogP contribution in [0.3, 0.4) is 0 Å². The summed E-state index contributed by atoms with van der Waals surface area (Å²) in [5, 5.41) is 0.821. The summed E-state index contributed by atoms with van der Waals surface area (Å²) in [5.74, 6) is 0. The van der Waals surface area contributed by atoms with Crippen LogP contribution in [0.1, 0.15) is 56.2 Å². The number of unbranched alkanes of at least 4 members (excludes halogenated alkanes) is 3. The van der Waals surface area contributed by atoms with Gasteiger partial charge in [0, 0.05) is 11.1 Å². The fourth-order valence-electron chi connectivity index (χ4n) is 1.80. The molecular formula is C14H22ClN. The second kappa shape index (κ2) is 6.93. The number of hydrogen-bond acceptors (Lipinski definition) is 1. The summed E-state index contributed by atoms with van der Waals surface area (Å²) in [7, 11) is 0. The van der Waals surface area contributed by atoms with E-state index in [2.05, 4.69) is 13.0 Å². The minimum Gasteiger partial charge on any atom is -0.324 e. The molecule has 1 rings (SSSR count). The van der Waals surface area contributed by atoms with E-state index in [1.807, 2.05) is 19.1 Å². The number of rotatable bonds is 6. The molecule has 90 valence electrons. The van der Waals surface area contributed by atoms with Crippen molar-refractivity contribution < 1.29 is 0 Å². The molecule has 2 N–H and O–H groups in total. The zero-order chi connectivity index (χ0) is 12.0. The molecule has 16 heavy (non-hydrogen) atoms. The van der Waals surface area contributed by atoms with Crippen molar-refractivity contribution in [1.29, 1.82) is 0 Å². The van der Waals surface area contributed by atoms with E-state index in [9.17, 15) is 0 Å². The van der Waals surface area contributed by atoms with Crippen molar-refractivity contribution in [2.45, 2.75) is 52.0 Å². The lowest BCUT2D eigenvalue weighted by Gasteiger charge is -2.12. The summed E-state index contributed by atoms with van der Waals surface area (Å²) in [4.78, 5) is 0. The van der Waals surface area contributed by atoms with Crippen molar-refractivity contribution in [3.63, 3.8) is 0 Å². The monoisotopic (exact) mass is 239 g/mol. The van der Waals surface area contributed by atoms with Gasteiger partial charge in [0.1, 0.15) is 0 Å². The first-order valence-corrected chi connectivity index (χ1v) is 6.54. The first-order chi connectivity index (χ1) is 7.65. The fraction of sp³-hybridized carbons (Fsp3) is 0.571. The molecule has 0 aromatic heterocycles. The molecule has 0 radical (unpaired) electrons. The third-order valence-corrected chi connectivity index (χ3v) is 3.40. The summed E-state index contributed by atoms with van der Waals surface area (Å²) in [6.45, 7) is 4.23. The molecule has 1 atom stereocenters. The summed E-state index contributed by atoms with van der Waals surface area (Å²) in [6.07, 6.45) is 6.12. The molecule has 1 aromatic rings. The molecule has 2 heteroatoms. The molecule has 1 nitrogen and oxygen atoms in total. The quantitative estimate of drug-likeness (QED) is 0.721. The lowest BCUT2D eigenvalue weighted by molar-refractivity contribution is 0.566. The smallest absolute Gasteiger partial charge is 0.0438 e. The standard InChI is InChI=1S/C14H22ClN/c1-3-4-5-6-7-14(16)12-9-8-11(2)13(15)10-12/h8-10,14H,3-7,16H2,1-2H3. The van der Waals surface area contributed by atoms with Crippen molar-refractivity contribution in [2.24, 2.45) is 5.73 Å². The Morgan fingerprint density at radius 3 is 2.62 bits per heavy atom. The molecule has 0 bridgehead atoms. The first-order valence-electron chi connectivity index (χ1n) is 6.16. The molecule has 0 amide bonds. The summed E-state index contributed by atoms with van der Waals surface area (Å²) in [5.41, 5.74) is 8.41. The van der Waals surface area contributed by atoms with E-state index in [-0.39, 0.29) is 6.04 Å². The highest BCUT2D eigenvalue weighted by Gasteiger charge is 2.06. The van der Waals surface area contributed by atoms with Crippen LogP contribution in [0.5, 0.6) is 0 Å². The van der Waals surface area contributed by atoms with Crippen LogP contribution in [0.25, 0.3) is 0 Å². The molecule has 0 aliphatic heterocycles. The van der Waals surface area contributed by atoms with Gasteiger partial charge in [0.25, 0.3) is 0 Å². The summed E-state index contributed by atoms with van der Waals surface area (Å²) < 4.78 is 0. The van der Waals surface area contributed by atoms with Gasteiger partial charge in [-0.05, 0) is 30.5 Å². The maximum Gasteiger partial charge on any atom is 0.0438 e. The number of benzene rings is 1. The van der Waals surface area contributed by atoms with Gasteiger partial charge < -0.3 is 5.73 Å². The van der Waals surface area contributed by atoms with Crippen LogP contribution in [-0.4, -0.2) is 0 Å². The molecule has 0 aliphatic rings. The molecular weight excluding hydrogens is 218 g/mol. The Balaban J connectivity index is 2.46. The maximum atomic E-state index is 6.14. The van der Waals surface area contributed by atoms with Gasteiger partial charge in [-0.1, -0.05) is 56.3 Å². The molecule has 1 unspecified atom stereocenters. The van der Waals surface area contributed by atoms with E-state index in [1.165, 1.54) is 25.7 Å². The highest BCUT2D eigenvalue weighted by Crippen LogP contribution is 2.23. The zero-order valence-electron chi connectivity index (χ0n) is 10.3.